The van der Waals surface area contributed by atoms with Crippen molar-refractivity contribution in [1.82, 2.24) is 15.2 Å². The Hall–Kier alpha value is -2.77. The van der Waals surface area contributed by atoms with Crippen molar-refractivity contribution in [2.24, 2.45) is 11.3 Å². The highest BCUT2D eigenvalue weighted by atomic mass is 16.2. The molecule has 1 aliphatic heterocycles. The third-order valence-electron chi connectivity index (χ3n) is 6.00. The smallest absolute Gasteiger partial charge is 0.250 e. The zero-order chi connectivity index (χ0) is 21.2. The fourth-order valence-electron chi connectivity index (χ4n) is 3.82. The summed E-state index contributed by atoms with van der Waals surface area (Å²) in [7, 11) is 0. The molecule has 8 nitrogen and oxygen atoms in total. The number of rotatable bonds is 8. The molecule has 3 rings (SSSR count). The van der Waals surface area contributed by atoms with E-state index in [-0.39, 0.29) is 29.9 Å². The fourth-order valence-corrected chi connectivity index (χ4v) is 3.82. The third-order valence-corrected chi connectivity index (χ3v) is 6.00. The van der Waals surface area contributed by atoms with Gasteiger partial charge < -0.3 is 15.5 Å². The molecule has 29 heavy (non-hydrogen) atoms. The summed E-state index contributed by atoms with van der Waals surface area (Å²) in [4.78, 5) is 42.7. The van der Waals surface area contributed by atoms with Gasteiger partial charge in [-0.1, -0.05) is 13.8 Å². The van der Waals surface area contributed by atoms with Crippen LogP contribution in [-0.4, -0.2) is 58.9 Å². The van der Waals surface area contributed by atoms with Crippen LogP contribution in [0.1, 0.15) is 45.6 Å². The van der Waals surface area contributed by atoms with Gasteiger partial charge in [0.1, 0.15) is 11.9 Å². The Balaban J connectivity index is 1.57. The number of likely N-dealkylation sites (tertiary alicyclic amines) is 1. The maximum absolute atomic E-state index is 12.8. The largest absolute Gasteiger partial charge is 0.360 e. The number of nitrogens with two attached hydrogens (primary N) is 1. The molecule has 156 valence electrons. The Morgan fingerprint density at radius 2 is 2.07 bits per heavy atom. The molecular weight excluding hydrogens is 370 g/mol. The summed E-state index contributed by atoms with van der Waals surface area (Å²) >= 11 is 0. The van der Waals surface area contributed by atoms with Crippen LogP contribution in [0.5, 0.6) is 0 Å². The summed E-state index contributed by atoms with van der Waals surface area (Å²) in [6.07, 6.45) is 4.16. The minimum absolute atomic E-state index is 0.0192. The molecule has 2 heterocycles. The van der Waals surface area contributed by atoms with Crippen molar-refractivity contribution in [2.45, 2.75) is 46.1 Å². The van der Waals surface area contributed by atoms with Gasteiger partial charge in [0.2, 0.25) is 17.6 Å². The number of ketones is 1. The topological polar surface area (TPSA) is 117 Å². The van der Waals surface area contributed by atoms with E-state index in [1.54, 1.807) is 23.2 Å². The number of Topliss-reactive ketones (excluding diaryl/α,β-unsaturated/α-hetero) is 1. The van der Waals surface area contributed by atoms with Gasteiger partial charge in [0.05, 0.1) is 12.1 Å². The second kappa shape index (κ2) is 8.31. The van der Waals surface area contributed by atoms with Crippen LogP contribution in [0.4, 0.5) is 5.82 Å². The molecule has 1 aromatic rings. The number of amides is 2. The summed E-state index contributed by atoms with van der Waals surface area (Å²) < 4.78 is 0. The zero-order valence-electron chi connectivity index (χ0n) is 17.3. The van der Waals surface area contributed by atoms with Crippen molar-refractivity contribution in [1.29, 1.82) is 0 Å². The van der Waals surface area contributed by atoms with Crippen LogP contribution < -0.4 is 16.0 Å². The zero-order valence-corrected chi connectivity index (χ0v) is 17.3. The first-order valence-corrected chi connectivity index (χ1v) is 10.1. The van der Waals surface area contributed by atoms with Crippen molar-refractivity contribution in [2.75, 3.05) is 25.0 Å². The van der Waals surface area contributed by atoms with Gasteiger partial charge in [-0.15, -0.1) is 0 Å². The molecule has 0 bridgehead atoms. The van der Waals surface area contributed by atoms with Crippen molar-refractivity contribution < 1.29 is 19.8 Å². The van der Waals surface area contributed by atoms with Crippen LogP contribution >= 0.6 is 0 Å². The Morgan fingerprint density at radius 3 is 2.72 bits per heavy atom. The highest BCUT2D eigenvalue weighted by Crippen LogP contribution is 2.51. The van der Waals surface area contributed by atoms with Crippen LogP contribution in [-0.2, 0) is 14.4 Å². The van der Waals surface area contributed by atoms with Crippen molar-refractivity contribution >= 4 is 29.1 Å². The number of nitrogens with one attached hydrogen (secondary N) is 2. The van der Waals surface area contributed by atoms with E-state index in [1.165, 1.54) is 6.92 Å². The molecule has 8 heteroatoms. The first-order valence-electron chi connectivity index (χ1n) is 10.1. The summed E-state index contributed by atoms with van der Waals surface area (Å²) in [5, 5.41) is 11.8. The SMILES string of the molecule is CC(=O)C(=[NH2+])c1cccnc1NCC(=O)N1CCC[C@H]1C(=O)NCC1CC1(C)C. The van der Waals surface area contributed by atoms with E-state index < -0.39 is 6.04 Å². The lowest BCUT2D eigenvalue weighted by molar-refractivity contribution is -0.137. The van der Waals surface area contributed by atoms with Gasteiger partial charge in [-0.05, 0) is 42.7 Å². The molecule has 2 atom stereocenters. The maximum Gasteiger partial charge on any atom is 0.250 e. The van der Waals surface area contributed by atoms with Gasteiger partial charge in [0.15, 0.2) is 0 Å². The number of anilines is 1. The van der Waals surface area contributed by atoms with Crippen LogP contribution in [0.15, 0.2) is 18.3 Å². The number of aromatic nitrogens is 1. The fraction of sp³-hybridized carbons (Fsp3) is 0.571. The van der Waals surface area contributed by atoms with Crippen LogP contribution in [0.3, 0.4) is 0 Å². The van der Waals surface area contributed by atoms with Crippen LogP contribution in [0.2, 0.25) is 0 Å². The van der Waals surface area contributed by atoms with E-state index in [4.69, 9.17) is 5.41 Å². The molecule has 1 aliphatic carbocycles. The summed E-state index contributed by atoms with van der Waals surface area (Å²) in [5.41, 5.74) is 0.867. The van der Waals surface area contributed by atoms with Crippen LogP contribution in [0, 0.1) is 11.3 Å². The second-order valence-electron chi connectivity index (χ2n) is 8.60. The first-order chi connectivity index (χ1) is 13.7. The maximum atomic E-state index is 12.8. The summed E-state index contributed by atoms with van der Waals surface area (Å²) in [5.74, 6) is 0.384. The predicted octanol–water partition coefficient (Wildman–Crippen LogP) is -0.216. The Labute approximate surface area is 171 Å². The molecule has 4 N–H and O–H groups in total. The lowest BCUT2D eigenvalue weighted by atomic mass is 10.1. The molecule has 1 aromatic heterocycles. The minimum Gasteiger partial charge on any atom is -0.360 e. The quantitative estimate of drug-likeness (QED) is 0.522. The van der Waals surface area contributed by atoms with Crippen molar-refractivity contribution in [3.05, 3.63) is 23.9 Å². The Morgan fingerprint density at radius 1 is 1.34 bits per heavy atom. The van der Waals surface area contributed by atoms with E-state index in [0.717, 1.165) is 12.8 Å². The number of hydrogen-bond acceptors (Lipinski definition) is 5. The minimum atomic E-state index is -0.428. The van der Waals surface area contributed by atoms with Gasteiger partial charge in [-0.2, -0.15) is 0 Å². The van der Waals surface area contributed by atoms with Gasteiger partial charge >= 0.3 is 0 Å². The average molecular weight is 401 g/mol. The van der Waals surface area contributed by atoms with E-state index in [9.17, 15) is 14.4 Å². The predicted molar refractivity (Wildman–Crippen MR) is 109 cm³/mol. The number of nitrogens with zero attached hydrogens (tertiary/aromatic N) is 2. The molecular formula is C21H30N5O3+. The third kappa shape index (κ3) is 4.81. The van der Waals surface area contributed by atoms with Crippen LogP contribution in [0.25, 0.3) is 0 Å². The molecule has 0 aromatic carbocycles. The molecule has 0 radical (unpaired) electrons. The number of pyridine rings is 1. The molecule has 2 aliphatic rings. The number of carbonyl (C=O) groups is 3. The molecule has 2 amide bonds. The lowest BCUT2D eigenvalue weighted by Gasteiger charge is -2.24. The Bertz CT molecular complexity index is 835. The van der Waals surface area contributed by atoms with Gasteiger partial charge in [0, 0.05) is 26.2 Å². The highest BCUT2D eigenvalue weighted by Gasteiger charge is 2.45. The average Bonchev–Trinajstić information content (AvgIpc) is 3.07. The monoisotopic (exact) mass is 400 g/mol. The van der Waals surface area contributed by atoms with Crippen molar-refractivity contribution in [3.8, 4) is 0 Å². The van der Waals surface area contributed by atoms with Gasteiger partial charge in [0.25, 0.3) is 5.71 Å². The summed E-state index contributed by atoms with van der Waals surface area (Å²) in [6, 6.07) is 2.94. The normalized spacial score (nSPS) is 22.1. The molecule has 1 saturated carbocycles. The molecule has 1 saturated heterocycles. The van der Waals surface area contributed by atoms with Crippen molar-refractivity contribution in [3.63, 3.8) is 0 Å². The highest BCUT2D eigenvalue weighted by molar-refractivity contribution is 6.43. The van der Waals surface area contributed by atoms with E-state index in [2.05, 4.69) is 29.5 Å². The molecule has 2 fully saturated rings. The number of carbonyl (C=O) groups excluding carboxylic acids is 3. The lowest BCUT2D eigenvalue weighted by Crippen LogP contribution is -2.48. The summed E-state index contributed by atoms with van der Waals surface area (Å²) in [6.45, 7) is 6.98. The second-order valence-corrected chi connectivity index (χ2v) is 8.60. The van der Waals surface area contributed by atoms with Gasteiger partial charge in [-0.3, -0.25) is 19.8 Å². The Kier molecular flexibility index (Phi) is 6.00. The first kappa shape index (κ1) is 21.0. The van der Waals surface area contributed by atoms with Gasteiger partial charge in [-0.25, -0.2) is 4.98 Å². The van der Waals surface area contributed by atoms with E-state index in [0.29, 0.717) is 42.2 Å². The molecule has 0 spiro atoms. The standard InChI is InChI=1S/C21H29N5O3/c1-13(27)18(22)15-6-4-8-23-19(15)24-12-17(28)26-9-5-7-16(26)20(29)25-11-14-10-21(14,2)3/h4,6,8,14,16,22H,5,7,9-12H2,1-3H3,(H,23,24)(H,25,29)/p+1/t14?,16-/m0/s1. The molecule has 1 unspecified atom stereocenters. The van der Waals surface area contributed by atoms with E-state index in [1.807, 2.05) is 0 Å². The number of hydrogen-bond donors (Lipinski definition) is 3. The van der Waals surface area contributed by atoms with E-state index >= 15 is 0 Å².